The van der Waals surface area contributed by atoms with E-state index in [2.05, 4.69) is 35.9 Å². The lowest BCUT2D eigenvalue weighted by Crippen LogP contribution is -2.48. The highest BCUT2D eigenvalue weighted by molar-refractivity contribution is 5.85. The van der Waals surface area contributed by atoms with Crippen LogP contribution in [0.4, 0.5) is 0 Å². The van der Waals surface area contributed by atoms with Crippen LogP contribution in [0.1, 0.15) is 12.5 Å². The Bertz CT molecular complexity index is 454. The molecule has 5 heteroatoms. The van der Waals surface area contributed by atoms with Gasteiger partial charge in [-0.15, -0.1) is 12.4 Å². The molecule has 0 radical (unpaired) electrons. The maximum absolute atomic E-state index is 5.57. The molecule has 1 aromatic carbocycles. The van der Waals surface area contributed by atoms with Crippen LogP contribution in [0.25, 0.3) is 0 Å². The number of methoxy groups -OCH3 is 1. The summed E-state index contributed by atoms with van der Waals surface area (Å²) in [6.07, 6.45) is 1.73. The Hall–Kier alpha value is -1.23. The first-order chi connectivity index (χ1) is 9.72. The third kappa shape index (κ3) is 5.23. The summed E-state index contributed by atoms with van der Waals surface area (Å²) in [6, 6.07) is 6.70. The molecule has 1 heterocycles. The van der Waals surface area contributed by atoms with E-state index < -0.39 is 0 Å². The van der Waals surface area contributed by atoms with Crippen LogP contribution in [-0.2, 0) is 6.54 Å². The molecular weight excluding hydrogens is 288 g/mol. The number of nitrogens with zero attached hydrogens (tertiary/aromatic N) is 1. The number of halogens is 1. The van der Waals surface area contributed by atoms with Gasteiger partial charge in [0.1, 0.15) is 6.61 Å². The Kier molecular flexibility index (Phi) is 7.57. The SMILES string of the molecule is C=CCOc1ccc(CN2CCN[C@H](C)C2)cc1OC.Cl. The van der Waals surface area contributed by atoms with Crippen LogP contribution in [0.2, 0.25) is 0 Å². The molecule has 0 saturated carbocycles. The number of hydrogen-bond acceptors (Lipinski definition) is 4. The lowest BCUT2D eigenvalue weighted by molar-refractivity contribution is 0.199. The van der Waals surface area contributed by atoms with E-state index in [0.29, 0.717) is 12.6 Å². The van der Waals surface area contributed by atoms with Crippen LogP contribution in [0.5, 0.6) is 11.5 Å². The standard InChI is InChI=1S/C16H24N2O2.ClH/c1-4-9-20-15-6-5-14(10-16(15)19-3)12-18-8-7-17-13(2)11-18;/h4-6,10,13,17H,1,7-9,11-12H2,2-3H3;1H/t13-;/m1./s1. The minimum absolute atomic E-state index is 0. The lowest BCUT2D eigenvalue weighted by Gasteiger charge is -2.31. The summed E-state index contributed by atoms with van der Waals surface area (Å²) < 4.78 is 11.0. The average molecular weight is 313 g/mol. The molecule has 1 N–H and O–H groups in total. The van der Waals surface area contributed by atoms with Crippen LogP contribution in [0.3, 0.4) is 0 Å². The van der Waals surface area contributed by atoms with E-state index in [1.165, 1.54) is 5.56 Å². The number of rotatable bonds is 6. The van der Waals surface area contributed by atoms with Crippen LogP contribution in [0.15, 0.2) is 30.9 Å². The quantitative estimate of drug-likeness (QED) is 0.818. The van der Waals surface area contributed by atoms with Crippen molar-refractivity contribution in [1.29, 1.82) is 0 Å². The fraction of sp³-hybridized carbons (Fsp3) is 0.500. The van der Waals surface area contributed by atoms with Crippen molar-refractivity contribution in [2.24, 2.45) is 0 Å². The normalized spacial score (nSPS) is 18.7. The van der Waals surface area contributed by atoms with Gasteiger partial charge < -0.3 is 14.8 Å². The maximum atomic E-state index is 5.57. The fourth-order valence-electron chi connectivity index (χ4n) is 2.49. The van der Waals surface area contributed by atoms with Crippen LogP contribution >= 0.6 is 12.4 Å². The summed E-state index contributed by atoms with van der Waals surface area (Å²) in [5.74, 6) is 1.55. The van der Waals surface area contributed by atoms with Gasteiger partial charge in [0.25, 0.3) is 0 Å². The smallest absolute Gasteiger partial charge is 0.161 e. The monoisotopic (exact) mass is 312 g/mol. The van der Waals surface area contributed by atoms with E-state index in [4.69, 9.17) is 9.47 Å². The van der Waals surface area contributed by atoms with Gasteiger partial charge in [-0.2, -0.15) is 0 Å². The molecule has 0 spiro atoms. The summed E-state index contributed by atoms with van der Waals surface area (Å²) in [7, 11) is 1.67. The molecular formula is C16H25ClN2O2. The summed E-state index contributed by atoms with van der Waals surface area (Å²) in [5, 5.41) is 3.46. The van der Waals surface area contributed by atoms with E-state index in [9.17, 15) is 0 Å². The first-order valence-electron chi connectivity index (χ1n) is 7.09. The van der Waals surface area contributed by atoms with Gasteiger partial charge in [-0.3, -0.25) is 4.90 Å². The summed E-state index contributed by atoms with van der Waals surface area (Å²) >= 11 is 0. The minimum Gasteiger partial charge on any atom is -0.493 e. The highest BCUT2D eigenvalue weighted by Crippen LogP contribution is 2.28. The molecule has 118 valence electrons. The topological polar surface area (TPSA) is 33.7 Å². The molecule has 0 aliphatic carbocycles. The first-order valence-corrected chi connectivity index (χ1v) is 7.09. The second-order valence-corrected chi connectivity index (χ2v) is 5.18. The molecule has 1 saturated heterocycles. The van der Waals surface area contributed by atoms with Crippen molar-refractivity contribution in [3.8, 4) is 11.5 Å². The molecule has 4 nitrogen and oxygen atoms in total. The van der Waals surface area contributed by atoms with Gasteiger partial charge in [0.15, 0.2) is 11.5 Å². The molecule has 1 atom stereocenters. The van der Waals surface area contributed by atoms with Crippen molar-refractivity contribution in [3.05, 3.63) is 36.4 Å². The van der Waals surface area contributed by atoms with Crippen molar-refractivity contribution in [3.63, 3.8) is 0 Å². The molecule has 1 aromatic rings. The summed E-state index contributed by atoms with van der Waals surface area (Å²) in [4.78, 5) is 2.46. The molecule has 0 bridgehead atoms. The van der Waals surface area contributed by atoms with Crippen LogP contribution < -0.4 is 14.8 Å². The van der Waals surface area contributed by atoms with Crippen molar-refractivity contribution >= 4 is 12.4 Å². The van der Waals surface area contributed by atoms with E-state index in [-0.39, 0.29) is 12.4 Å². The molecule has 2 rings (SSSR count). The van der Waals surface area contributed by atoms with Crippen molar-refractivity contribution in [1.82, 2.24) is 10.2 Å². The first kappa shape index (κ1) is 17.8. The number of nitrogens with one attached hydrogen (secondary N) is 1. The number of ether oxygens (including phenoxy) is 2. The number of piperazine rings is 1. The second-order valence-electron chi connectivity index (χ2n) is 5.18. The zero-order valence-electron chi connectivity index (χ0n) is 12.8. The van der Waals surface area contributed by atoms with Gasteiger partial charge in [-0.05, 0) is 24.6 Å². The summed E-state index contributed by atoms with van der Waals surface area (Å²) in [5.41, 5.74) is 1.25. The highest BCUT2D eigenvalue weighted by atomic mass is 35.5. The van der Waals surface area contributed by atoms with E-state index >= 15 is 0 Å². The fourth-order valence-corrected chi connectivity index (χ4v) is 2.49. The van der Waals surface area contributed by atoms with Gasteiger partial charge >= 0.3 is 0 Å². The van der Waals surface area contributed by atoms with E-state index in [0.717, 1.165) is 37.7 Å². The molecule has 21 heavy (non-hydrogen) atoms. The third-order valence-corrected chi connectivity index (χ3v) is 3.44. The van der Waals surface area contributed by atoms with Crippen molar-refractivity contribution < 1.29 is 9.47 Å². The predicted molar refractivity (Wildman–Crippen MR) is 88.7 cm³/mol. The number of benzene rings is 1. The van der Waals surface area contributed by atoms with Crippen LogP contribution in [0, 0.1) is 0 Å². The van der Waals surface area contributed by atoms with Gasteiger partial charge in [0.2, 0.25) is 0 Å². The molecule has 0 amide bonds. The molecule has 1 fully saturated rings. The Balaban J connectivity index is 0.00000220. The number of hydrogen-bond donors (Lipinski definition) is 1. The van der Waals surface area contributed by atoms with E-state index in [1.807, 2.05) is 6.07 Å². The lowest BCUT2D eigenvalue weighted by atomic mass is 10.1. The van der Waals surface area contributed by atoms with Gasteiger partial charge in [0.05, 0.1) is 7.11 Å². The average Bonchev–Trinajstić information content (AvgIpc) is 2.46. The zero-order valence-corrected chi connectivity index (χ0v) is 13.6. The summed E-state index contributed by atoms with van der Waals surface area (Å²) in [6.45, 7) is 10.5. The van der Waals surface area contributed by atoms with Gasteiger partial charge in [-0.1, -0.05) is 18.7 Å². The Morgan fingerprint density at radius 3 is 2.90 bits per heavy atom. The van der Waals surface area contributed by atoms with Crippen LogP contribution in [-0.4, -0.2) is 44.3 Å². The molecule has 1 aliphatic heterocycles. The largest absolute Gasteiger partial charge is 0.493 e. The van der Waals surface area contributed by atoms with Gasteiger partial charge in [-0.25, -0.2) is 0 Å². The Labute approximate surface area is 133 Å². The van der Waals surface area contributed by atoms with Crippen molar-refractivity contribution in [2.45, 2.75) is 19.5 Å². The zero-order chi connectivity index (χ0) is 14.4. The van der Waals surface area contributed by atoms with Gasteiger partial charge in [0, 0.05) is 32.2 Å². The van der Waals surface area contributed by atoms with E-state index in [1.54, 1.807) is 13.2 Å². The second kappa shape index (κ2) is 8.93. The maximum Gasteiger partial charge on any atom is 0.161 e. The molecule has 0 unspecified atom stereocenters. The highest BCUT2D eigenvalue weighted by Gasteiger charge is 2.16. The predicted octanol–water partition coefficient (Wildman–Crippen LogP) is 2.48. The Morgan fingerprint density at radius 1 is 1.43 bits per heavy atom. The third-order valence-electron chi connectivity index (χ3n) is 3.44. The molecule has 0 aromatic heterocycles. The minimum atomic E-state index is 0. The Morgan fingerprint density at radius 2 is 2.24 bits per heavy atom. The van der Waals surface area contributed by atoms with Crippen molar-refractivity contribution in [2.75, 3.05) is 33.4 Å². The molecule has 1 aliphatic rings.